The van der Waals surface area contributed by atoms with Gasteiger partial charge in [-0.25, -0.2) is 4.39 Å². The van der Waals surface area contributed by atoms with Crippen molar-refractivity contribution in [2.24, 2.45) is 0 Å². The zero-order chi connectivity index (χ0) is 19.0. The fourth-order valence-corrected chi connectivity index (χ4v) is 1.94. The summed E-state index contributed by atoms with van der Waals surface area (Å²) in [5.41, 5.74) is -6.55. The van der Waals surface area contributed by atoms with Gasteiger partial charge in [0.25, 0.3) is 5.91 Å². The maximum Gasteiger partial charge on any atom is 0.417 e. The molecule has 1 aromatic carbocycles. The lowest BCUT2D eigenvalue weighted by molar-refractivity contribution is -0.143. The van der Waals surface area contributed by atoms with Gasteiger partial charge in [0.1, 0.15) is 5.82 Å². The van der Waals surface area contributed by atoms with Crippen LogP contribution < -0.4 is 10.9 Å². The third kappa shape index (κ3) is 4.17. The topological polar surface area (TPSA) is 62.0 Å². The van der Waals surface area contributed by atoms with Gasteiger partial charge in [-0.3, -0.25) is 9.59 Å². The number of carbonyl (C=O) groups is 1. The van der Waals surface area contributed by atoms with Crippen LogP contribution in [0.1, 0.15) is 21.5 Å². The lowest BCUT2D eigenvalue weighted by Gasteiger charge is -2.16. The number of halogens is 7. The molecule has 0 aliphatic rings. The number of hydrogen-bond donors (Lipinski definition) is 2. The predicted molar refractivity (Wildman–Crippen MR) is 71.4 cm³/mol. The Hall–Kier alpha value is -2.85. The van der Waals surface area contributed by atoms with Crippen LogP contribution in [0, 0.1) is 5.82 Å². The molecule has 0 aliphatic carbocycles. The smallest absolute Gasteiger partial charge is 0.329 e. The summed E-state index contributed by atoms with van der Waals surface area (Å²) in [4.78, 5) is 25.2. The van der Waals surface area contributed by atoms with Crippen molar-refractivity contribution in [2.75, 3.05) is 5.32 Å². The van der Waals surface area contributed by atoms with Gasteiger partial charge in [-0.2, -0.15) is 26.3 Å². The maximum atomic E-state index is 13.9. The Morgan fingerprint density at radius 3 is 2.16 bits per heavy atom. The first-order valence-corrected chi connectivity index (χ1v) is 6.37. The Morgan fingerprint density at radius 2 is 1.64 bits per heavy atom. The van der Waals surface area contributed by atoms with Crippen molar-refractivity contribution in [3.63, 3.8) is 0 Å². The van der Waals surface area contributed by atoms with Gasteiger partial charge in [-0.15, -0.1) is 0 Å². The molecule has 11 heteroatoms. The summed E-state index contributed by atoms with van der Waals surface area (Å²) in [5, 5.41) is 1.83. The quantitative estimate of drug-likeness (QED) is 0.792. The fourth-order valence-electron chi connectivity index (χ4n) is 1.94. The Bertz CT molecular complexity index is 869. The summed E-state index contributed by atoms with van der Waals surface area (Å²) in [6.45, 7) is 0. The van der Waals surface area contributed by atoms with E-state index in [0.29, 0.717) is 0 Å². The molecule has 0 atom stereocenters. The number of nitrogens with one attached hydrogen (secondary N) is 2. The van der Waals surface area contributed by atoms with E-state index in [2.05, 4.69) is 4.98 Å². The second-order valence-corrected chi connectivity index (χ2v) is 4.77. The van der Waals surface area contributed by atoms with Gasteiger partial charge in [0, 0.05) is 18.0 Å². The first-order chi connectivity index (χ1) is 11.4. The molecule has 0 fully saturated rings. The van der Waals surface area contributed by atoms with Crippen molar-refractivity contribution in [3.8, 4) is 0 Å². The van der Waals surface area contributed by atoms with Gasteiger partial charge < -0.3 is 10.3 Å². The molecule has 1 amide bonds. The SMILES string of the molecule is O=C(Nc1cc[nH]c(=O)c1)c1c(F)cc(C(F)(F)F)cc1C(F)(F)F. The van der Waals surface area contributed by atoms with Crippen LogP contribution in [0.25, 0.3) is 0 Å². The minimum atomic E-state index is -5.41. The molecule has 1 heterocycles. The maximum absolute atomic E-state index is 13.9. The fraction of sp³-hybridized carbons (Fsp3) is 0.143. The Kier molecular flexibility index (Phi) is 4.60. The highest BCUT2D eigenvalue weighted by Gasteiger charge is 2.41. The number of carbonyl (C=O) groups excluding carboxylic acids is 1. The van der Waals surface area contributed by atoms with E-state index in [4.69, 9.17) is 0 Å². The van der Waals surface area contributed by atoms with Crippen LogP contribution >= 0.6 is 0 Å². The van der Waals surface area contributed by atoms with Crippen LogP contribution in [0.4, 0.5) is 36.4 Å². The molecule has 2 aromatic rings. The molecule has 0 aliphatic heterocycles. The molecule has 4 nitrogen and oxygen atoms in total. The van der Waals surface area contributed by atoms with Gasteiger partial charge in [0.15, 0.2) is 0 Å². The largest absolute Gasteiger partial charge is 0.417 e. The normalized spacial score (nSPS) is 12.1. The Morgan fingerprint density at radius 1 is 1.00 bits per heavy atom. The van der Waals surface area contributed by atoms with Crippen molar-refractivity contribution in [3.05, 3.63) is 63.3 Å². The summed E-state index contributed by atoms with van der Waals surface area (Å²) in [6, 6.07) is 1.33. The zero-order valence-electron chi connectivity index (χ0n) is 11.8. The number of aromatic amines is 1. The summed E-state index contributed by atoms with van der Waals surface area (Å²) < 4.78 is 90.6. The van der Waals surface area contributed by atoms with Gasteiger partial charge in [0.2, 0.25) is 5.56 Å². The van der Waals surface area contributed by atoms with E-state index in [9.17, 15) is 40.3 Å². The summed E-state index contributed by atoms with van der Waals surface area (Å²) >= 11 is 0. The first-order valence-electron chi connectivity index (χ1n) is 6.37. The van der Waals surface area contributed by atoms with Crippen molar-refractivity contribution >= 4 is 11.6 Å². The van der Waals surface area contributed by atoms with Crippen molar-refractivity contribution < 1.29 is 35.5 Å². The van der Waals surface area contributed by atoms with E-state index in [1.54, 1.807) is 0 Å². The molecule has 2 N–H and O–H groups in total. The highest BCUT2D eigenvalue weighted by Crippen LogP contribution is 2.38. The molecular formula is C14H7F7N2O2. The zero-order valence-corrected chi connectivity index (χ0v) is 11.8. The van der Waals surface area contributed by atoms with E-state index < -0.39 is 46.3 Å². The third-order valence-electron chi connectivity index (χ3n) is 2.98. The number of aromatic nitrogens is 1. The number of anilines is 1. The number of hydrogen-bond acceptors (Lipinski definition) is 2. The van der Waals surface area contributed by atoms with E-state index in [1.165, 1.54) is 0 Å². The van der Waals surface area contributed by atoms with Crippen molar-refractivity contribution in [1.82, 2.24) is 4.98 Å². The molecule has 0 saturated carbocycles. The van der Waals surface area contributed by atoms with Crippen LogP contribution in [0.15, 0.2) is 35.3 Å². The summed E-state index contributed by atoms with van der Waals surface area (Å²) in [6.07, 6.45) is -9.59. The predicted octanol–water partition coefficient (Wildman–Crippen LogP) is 3.80. The van der Waals surface area contributed by atoms with Gasteiger partial charge in [0.05, 0.1) is 16.7 Å². The minimum Gasteiger partial charge on any atom is -0.329 e. The molecular weight excluding hydrogens is 361 g/mol. The van der Waals surface area contributed by atoms with Crippen LogP contribution in [-0.2, 0) is 12.4 Å². The molecule has 1 aromatic heterocycles. The molecule has 25 heavy (non-hydrogen) atoms. The number of alkyl halides is 6. The van der Waals surface area contributed by atoms with Crippen molar-refractivity contribution in [2.45, 2.75) is 12.4 Å². The van der Waals surface area contributed by atoms with Gasteiger partial charge in [-0.05, 0) is 18.2 Å². The molecule has 0 radical (unpaired) electrons. The molecule has 0 bridgehead atoms. The standard InChI is InChI=1S/C14H7F7N2O2/c15-9-4-6(13(16,17)18)3-8(14(19,20)21)11(9)12(25)23-7-1-2-22-10(24)5-7/h1-5H,(H2,22,23,24,25). The monoisotopic (exact) mass is 368 g/mol. The molecule has 134 valence electrons. The highest BCUT2D eigenvalue weighted by molar-refractivity contribution is 6.05. The Labute approximate surface area is 134 Å². The molecule has 0 spiro atoms. The van der Waals surface area contributed by atoms with Crippen LogP contribution in [0.3, 0.4) is 0 Å². The number of pyridine rings is 1. The number of benzene rings is 1. The summed E-state index contributed by atoms with van der Waals surface area (Å²) in [5.74, 6) is -3.64. The lowest BCUT2D eigenvalue weighted by atomic mass is 10.0. The van der Waals surface area contributed by atoms with E-state index >= 15 is 0 Å². The minimum absolute atomic E-state index is 0.206. The van der Waals surface area contributed by atoms with Crippen molar-refractivity contribution in [1.29, 1.82) is 0 Å². The van der Waals surface area contributed by atoms with Crippen LogP contribution in [-0.4, -0.2) is 10.9 Å². The van der Waals surface area contributed by atoms with Gasteiger partial charge >= 0.3 is 12.4 Å². The lowest BCUT2D eigenvalue weighted by Crippen LogP contribution is -2.23. The third-order valence-corrected chi connectivity index (χ3v) is 2.98. The highest BCUT2D eigenvalue weighted by atomic mass is 19.4. The number of amides is 1. The average molecular weight is 368 g/mol. The Balaban J connectivity index is 2.56. The molecule has 0 saturated heterocycles. The number of rotatable bonds is 2. The average Bonchev–Trinajstić information content (AvgIpc) is 2.44. The van der Waals surface area contributed by atoms with Gasteiger partial charge in [-0.1, -0.05) is 0 Å². The second-order valence-electron chi connectivity index (χ2n) is 4.77. The van der Waals surface area contributed by atoms with E-state index in [1.807, 2.05) is 5.32 Å². The van der Waals surface area contributed by atoms with E-state index in [-0.39, 0.29) is 17.8 Å². The molecule has 2 rings (SSSR count). The van der Waals surface area contributed by atoms with Crippen LogP contribution in [0.5, 0.6) is 0 Å². The van der Waals surface area contributed by atoms with Crippen LogP contribution in [0.2, 0.25) is 0 Å². The summed E-state index contributed by atoms with van der Waals surface area (Å²) in [7, 11) is 0. The first kappa shape index (κ1) is 18.5. The van der Waals surface area contributed by atoms with E-state index in [0.717, 1.165) is 18.3 Å². The molecule has 0 unspecified atom stereocenters. The second kappa shape index (κ2) is 6.22. The number of H-pyrrole nitrogens is 1.